The second-order valence-electron chi connectivity index (χ2n) is 4.15. The molecular weight excluding hydrogens is 332 g/mol. The van der Waals surface area contributed by atoms with Gasteiger partial charge in [0.2, 0.25) is 0 Å². The third kappa shape index (κ3) is 3.32. The van der Waals surface area contributed by atoms with Gasteiger partial charge < -0.3 is 5.32 Å². The van der Waals surface area contributed by atoms with Crippen LogP contribution < -0.4 is 5.32 Å². The minimum Gasteiger partial charge on any atom is -0.301 e. The van der Waals surface area contributed by atoms with Crippen LogP contribution in [0.3, 0.4) is 0 Å². The van der Waals surface area contributed by atoms with Gasteiger partial charge in [0.15, 0.2) is 0 Å². The summed E-state index contributed by atoms with van der Waals surface area (Å²) in [7, 11) is 0. The SMILES string of the molecule is CC(NC(C)c1ccc(Br)cc1Cl)c1nccs1. The topological polar surface area (TPSA) is 24.9 Å². The van der Waals surface area contributed by atoms with E-state index < -0.39 is 0 Å². The van der Waals surface area contributed by atoms with Gasteiger partial charge in [-0.1, -0.05) is 33.6 Å². The molecule has 1 heterocycles. The van der Waals surface area contributed by atoms with Gasteiger partial charge in [-0.05, 0) is 31.5 Å². The van der Waals surface area contributed by atoms with Gasteiger partial charge in [-0.25, -0.2) is 4.98 Å². The molecule has 2 nitrogen and oxygen atoms in total. The minimum absolute atomic E-state index is 0.185. The van der Waals surface area contributed by atoms with E-state index in [1.165, 1.54) is 0 Å². The van der Waals surface area contributed by atoms with Gasteiger partial charge in [0.25, 0.3) is 0 Å². The molecule has 1 aromatic carbocycles. The van der Waals surface area contributed by atoms with Crippen LogP contribution in [0.25, 0.3) is 0 Å². The van der Waals surface area contributed by atoms with Gasteiger partial charge in [0, 0.05) is 27.1 Å². The van der Waals surface area contributed by atoms with Gasteiger partial charge in [0.1, 0.15) is 5.01 Å². The first-order valence-electron chi connectivity index (χ1n) is 5.68. The fourth-order valence-electron chi connectivity index (χ4n) is 1.84. The molecule has 0 bridgehead atoms. The third-order valence-corrected chi connectivity index (χ3v) is 4.53. The Kier molecular flexibility index (Phi) is 4.78. The Bertz CT molecular complexity index is 516. The van der Waals surface area contributed by atoms with Crippen LogP contribution in [0.4, 0.5) is 0 Å². The standard InChI is InChI=1S/C13H14BrClN2S/c1-8(11-4-3-10(14)7-12(11)15)17-9(2)13-16-5-6-18-13/h3-9,17H,1-2H3. The molecule has 0 saturated carbocycles. The maximum absolute atomic E-state index is 6.25. The Morgan fingerprint density at radius 2 is 2.11 bits per heavy atom. The van der Waals surface area contributed by atoms with Gasteiger partial charge in [0.05, 0.1) is 6.04 Å². The Labute approximate surface area is 125 Å². The number of rotatable bonds is 4. The highest BCUT2D eigenvalue weighted by Crippen LogP contribution is 2.28. The van der Waals surface area contributed by atoms with E-state index in [-0.39, 0.29) is 12.1 Å². The number of hydrogen-bond acceptors (Lipinski definition) is 3. The highest BCUT2D eigenvalue weighted by atomic mass is 79.9. The average Bonchev–Trinajstić information content (AvgIpc) is 2.81. The summed E-state index contributed by atoms with van der Waals surface area (Å²) < 4.78 is 0.997. The molecule has 2 rings (SSSR count). The van der Waals surface area contributed by atoms with Crippen molar-refractivity contribution in [3.63, 3.8) is 0 Å². The molecule has 0 fully saturated rings. The van der Waals surface area contributed by atoms with E-state index in [9.17, 15) is 0 Å². The summed E-state index contributed by atoms with van der Waals surface area (Å²) in [5.74, 6) is 0. The molecule has 1 aromatic heterocycles. The average molecular weight is 346 g/mol. The molecule has 5 heteroatoms. The zero-order chi connectivity index (χ0) is 13.1. The van der Waals surface area contributed by atoms with Gasteiger partial charge >= 0.3 is 0 Å². The van der Waals surface area contributed by atoms with Crippen LogP contribution in [0.15, 0.2) is 34.2 Å². The van der Waals surface area contributed by atoms with Crippen molar-refractivity contribution in [1.29, 1.82) is 0 Å². The molecule has 0 spiro atoms. The van der Waals surface area contributed by atoms with Crippen molar-refractivity contribution in [2.45, 2.75) is 25.9 Å². The zero-order valence-electron chi connectivity index (χ0n) is 10.2. The van der Waals surface area contributed by atoms with E-state index in [0.717, 1.165) is 20.1 Å². The molecule has 0 aliphatic carbocycles. The van der Waals surface area contributed by atoms with E-state index in [2.05, 4.69) is 40.1 Å². The zero-order valence-corrected chi connectivity index (χ0v) is 13.3. The predicted molar refractivity (Wildman–Crippen MR) is 81.2 cm³/mol. The summed E-state index contributed by atoms with van der Waals surface area (Å²) in [5.41, 5.74) is 1.10. The first-order chi connectivity index (χ1) is 8.58. The van der Waals surface area contributed by atoms with Crippen molar-refractivity contribution in [2.24, 2.45) is 0 Å². The summed E-state index contributed by atoms with van der Waals surface area (Å²) in [6.45, 7) is 4.22. The second-order valence-corrected chi connectivity index (χ2v) is 6.40. The van der Waals surface area contributed by atoms with Crippen molar-refractivity contribution in [3.05, 3.63) is 49.8 Å². The highest BCUT2D eigenvalue weighted by Gasteiger charge is 2.15. The number of thiazole rings is 1. The van der Waals surface area contributed by atoms with Crippen molar-refractivity contribution in [2.75, 3.05) is 0 Å². The molecule has 96 valence electrons. The number of benzene rings is 1. The van der Waals surface area contributed by atoms with Crippen LogP contribution in [0.5, 0.6) is 0 Å². The first-order valence-corrected chi connectivity index (χ1v) is 7.73. The second kappa shape index (κ2) is 6.15. The number of nitrogens with one attached hydrogen (secondary N) is 1. The van der Waals surface area contributed by atoms with Crippen LogP contribution in [0.1, 0.15) is 36.5 Å². The van der Waals surface area contributed by atoms with Crippen molar-refractivity contribution >= 4 is 38.9 Å². The summed E-state index contributed by atoms with van der Waals surface area (Å²) in [4.78, 5) is 4.31. The fourth-order valence-corrected chi connectivity index (χ4v) is 3.33. The monoisotopic (exact) mass is 344 g/mol. The molecule has 2 atom stereocenters. The molecule has 0 saturated heterocycles. The van der Waals surface area contributed by atoms with Crippen LogP contribution in [-0.2, 0) is 0 Å². The van der Waals surface area contributed by atoms with Crippen LogP contribution in [0.2, 0.25) is 5.02 Å². The molecule has 1 N–H and O–H groups in total. The summed E-state index contributed by atoms with van der Waals surface area (Å²) in [6, 6.07) is 6.37. The lowest BCUT2D eigenvalue weighted by Gasteiger charge is -2.20. The Balaban J connectivity index is 2.10. The summed E-state index contributed by atoms with van der Waals surface area (Å²) >= 11 is 11.3. The quantitative estimate of drug-likeness (QED) is 0.846. The van der Waals surface area contributed by atoms with E-state index in [0.29, 0.717) is 0 Å². The number of hydrogen-bond donors (Lipinski definition) is 1. The normalized spacial score (nSPS) is 14.4. The van der Waals surface area contributed by atoms with Crippen molar-refractivity contribution < 1.29 is 0 Å². The lowest BCUT2D eigenvalue weighted by Crippen LogP contribution is -2.22. The predicted octanol–water partition coefficient (Wildman–Crippen LogP) is 4.97. The van der Waals surface area contributed by atoms with E-state index in [4.69, 9.17) is 11.6 Å². The Morgan fingerprint density at radius 3 is 2.72 bits per heavy atom. The maximum atomic E-state index is 6.25. The highest BCUT2D eigenvalue weighted by molar-refractivity contribution is 9.10. The van der Waals surface area contributed by atoms with Crippen molar-refractivity contribution in [1.82, 2.24) is 10.3 Å². The molecule has 2 aromatic rings. The molecule has 0 aliphatic heterocycles. The molecule has 0 amide bonds. The van der Waals surface area contributed by atoms with Crippen molar-refractivity contribution in [3.8, 4) is 0 Å². The van der Waals surface area contributed by atoms with E-state index >= 15 is 0 Å². The molecule has 0 aliphatic rings. The van der Waals surface area contributed by atoms with Gasteiger partial charge in [-0.15, -0.1) is 11.3 Å². The summed E-state index contributed by atoms with van der Waals surface area (Å²) in [6.07, 6.45) is 1.83. The first kappa shape index (κ1) is 14.0. The third-order valence-electron chi connectivity index (χ3n) is 2.75. The summed E-state index contributed by atoms with van der Waals surface area (Å²) in [5, 5.41) is 7.36. The van der Waals surface area contributed by atoms with Crippen LogP contribution in [0, 0.1) is 0 Å². The Morgan fingerprint density at radius 1 is 1.33 bits per heavy atom. The smallest absolute Gasteiger partial charge is 0.109 e. The largest absolute Gasteiger partial charge is 0.301 e. The Hall–Kier alpha value is -0.420. The lowest BCUT2D eigenvalue weighted by molar-refractivity contribution is 0.493. The number of halogens is 2. The fraction of sp³-hybridized carbons (Fsp3) is 0.308. The molecule has 2 unspecified atom stereocenters. The van der Waals surface area contributed by atoms with E-state index in [1.807, 2.05) is 29.8 Å². The number of aromatic nitrogens is 1. The lowest BCUT2D eigenvalue weighted by atomic mass is 10.1. The van der Waals surface area contributed by atoms with Crippen LogP contribution in [-0.4, -0.2) is 4.98 Å². The van der Waals surface area contributed by atoms with E-state index in [1.54, 1.807) is 11.3 Å². The maximum Gasteiger partial charge on any atom is 0.109 e. The minimum atomic E-state index is 0.185. The van der Waals surface area contributed by atoms with Crippen LogP contribution >= 0.6 is 38.9 Å². The number of nitrogens with zero attached hydrogens (tertiary/aromatic N) is 1. The molecule has 0 radical (unpaired) electrons. The molecular formula is C13H14BrClN2S. The molecule has 18 heavy (non-hydrogen) atoms. The van der Waals surface area contributed by atoms with Gasteiger partial charge in [-0.3, -0.25) is 0 Å². The van der Waals surface area contributed by atoms with Gasteiger partial charge in [-0.2, -0.15) is 0 Å².